The van der Waals surface area contributed by atoms with Crippen molar-refractivity contribution in [3.63, 3.8) is 0 Å². The predicted molar refractivity (Wildman–Crippen MR) is 71.3 cm³/mol. The highest BCUT2D eigenvalue weighted by Crippen LogP contribution is 2.10. The zero-order valence-corrected chi connectivity index (χ0v) is 11.3. The smallest absolute Gasteiger partial charge is 0.270 e. The number of carbonyl (C=O) groups excluding carboxylic acids is 1. The van der Waals surface area contributed by atoms with Gasteiger partial charge in [0.25, 0.3) is 5.91 Å². The molecule has 1 aromatic rings. The molecule has 0 unspecified atom stereocenters. The fourth-order valence-electron chi connectivity index (χ4n) is 1.56. The third-order valence-electron chi connectivity index (χ3n) is 2.85. The van der Waals surface area contributed by atoms with Gasteiger partial charge in [-0.25, -0.2) is 4.98 Å². The standard InChI is InChI=1S/C12H21N3OS/c1-3-9(4-2)7-14-12(16)10-8-17-11(15-10)5-6-13/h8-9H,3-7,13H2,1-2H3,(H,14,16). The molecular weight excluding hydrogens is 234 g/mol. The summed E-state index contributed by atoms with van der Waals surface area (Å²) in [5.74, 6) is 0.484. The molecule has 1 amide bonds. The molecule has 1 aromatic heterocycles. The Morgan fingerprint density at radius 3 is 2.82 bits per heavy atom. The normalized spacial score (nSPS) is 10.8. The molecule has 0 radical (unpaired) electrons. The number of nitrogens with one attached hydrogen (secondary N) is 1. The number of amides is 1. The van der Waals surface area contributed by atoms with Crippen LogP contribution in [0.15, 0.2) is 5.38 Å². The number of thiazole rings is 1. The van der Waals surface area contributed by atoms with Gasteiger partial charge in [0.1, 0.15) is 5.69 Å². The fourth-order valence-corrected chi connectivity index (χ4v) is 2.35. The Kier molecular flexibility index (Phi) is 6.15. The van der Waals surface area contributed by atoms with Crippen LogP contribution in [-0.2, 0) is 6.42 Å². The van der Waals surface area contributed by atoms with Crippen LogP contribution in [0.3, 0.4) is 0 Å². The molecule has 0 aliphatic heterocycles. The lowest BCUT2D eigenvalue weighted by Crippen LogP contribution is -2.29. The molecule has 1 heterocycles. The van der Waals surface area contributed by atoms with Gasteiger partial charge in [0.2, 0.25) is 0 Å². The van der Waals surface area contributed by atoms with E-state index in [1.807, 2.05) is 0 Å². The van der Waals surface area contributed by atoms with Crippen molar-refractivity contribution < 1.29 is 4.79 Å². The van der Waals surface area contributed by atoms with Gasteiger partial charge < -0.3 is 11.1 Å². The topological polar surface area (TPSA) is 68.0 Å². The van der Waals surface area contributed by atoms with Gasteiger partial charge in [-0.3, -0.25) is 4.79 Å². The first-order chi connectivity index (χ1) is 8.21. The lowest BCUT2D eigenvalue weighted by Gasteiger charge is -2.12. The highest BCUT2D eigenvalue weighted by atomic mass is 32.1. The molecule has 0 aliphatic carbocycles. The Morgan fingerprint density at radius 1 is 1.53 bits per heavy atom. The molecule has 0 atom stereocenters. The maximum absolute atomic E-state index is 11.8. The van der Waals surface area contributed by atoms with Gasteiger partial charge in [-0.15, -0.1) is 11.3 Å². The maximum Gasteiger partial charge on any atom is 0.270 e. The summed E-state index contributed by atoms with van der Waals surface area (Å²) in [6, 6.07) is 0. The van der Waals surface area contributed by atoms with E-state index < -0.39 is 0 Å². The molecule has 0 bridgehead atoms. The first-order valence-corrected chi connectivity index (χ1v) is 7.01. The van der Waals surface area contributed by atoms with Crippen LogP contribution >= 0.6 is 11.3 Å². The van der Waals surface area contributed by atoms with Crippen LogP contribution in [0.25, 0.3) is 0 Å². The van der Waals surface area contributed by atoms with E-state index in [4.69, 9.17) is 5.73 Å². The van der Waals surface area contributed by atoms with Crippen molar-refractivity contribution in [3.05, 3.63) is 16.1 Å². The Morgan fingerprint density at radius 2 is 2.24 bits per heavy atom. The monoisotopic (exact) mass is 255 g/mol. The minimum Gasteiger partial charge on any atom is -0.350 e. The van der Waals surface area contributed by atoms with Crippen molar-refractivity contribution in [2.75, 3.05) is 13.1 Å². The van der Waals surface area contributed by atoms with Crippen molar-refractivity contribution >= 4 is 17.2 Å². The number of nitrogens with two attached hydrogens (primary N) is 1. The van der Waals surface area contributed by atoms with Gasteiger partial charge in [0.15, 0.2) is 0 Å². The zero-order chi connectivity index (χ0) is 12.7. The van der Waals surface area contributed by atoms with Gasteiger partial charge in [-0.05, 0) is 12.5 Å². The Bertz CT molecular complexity index is 347. The summed E-state index contributed by atoms with van der Waals surface area (Å²) >= 11 is 1.50. The number of nitrogens with zero attached hydrogens (tertiary/aromatic N) is 1. The summed E-state index contributed by atoms with van der Waals surface area (Å²) in [4.78, 5) is 16.1. The van der Waals surface area contributed by atoms with E-state index in [0.29, 0.717) is 18.2 Å². The first kappa shape index (κ1) is 14.1. The van der Waals surface area contributed by atoms with Gasteiger partial charge in [0, 0.05) is 18.3 Å². The first-order valence-electron chi connectivity index (χ1n) is 6.13. The Balaban J connectivity index is 2.46. The van der Waals surface area contributed by atoms with Crippen LogP contribution in [0.5, 0.6) is 0 Å². The number of hydrogen-bond donors (Lipinski definition) is 2. The van der Waals surface area contributed by atoms with Crippen LogP contribution in [0, 0.1) is 5.92 Å². The van der Waals surface area contributed by atoms with Crippen molar-refractivity contribution in [3.8, 4) is 0 Å². The van der Waals surface area contributed by atoms with E-state index in [1.54, 1.807) is 5.38 Å². The number of hydrogen-bond acceptors (Lipinski definition) is 4. The molecule has 0 saturated heterocycles. The SMILES string of the molecule is CCC(CC)CNC(=O)c1csc(CCN)n1. The van der Waals surface area contributed by atoms with Crippen molar-refractivity contribution in [1.82, 2.24) is 10.3 Å². The Labute approximate surface area is 107 Å². The van der Waals surface area contributed by atoms with E-state index in [1.165, 1.54) is 11.3 Å². The highest BCUT2D eigenvalue weighted by molar-refractivity contribution is 7.09. The number of rotatable bonds is 7. The number of carbonyl (C=O) groups is 1. The Hall–Kier alpha value is -0.940. The maximum atomic E-state index is 11.8. The van der Waals surface area contributed by atoms with Crippen LogP contribution in [-0.4, -0.2) is 24.0 Å². The molecule has 0 spiro atoms. The molecule has 0 aromatic carbocycles. The van der Waals surface area contributed by atoms with Crippen LogP contribution in [0.1, 0.15) is 42.2 Å². The molecule has 3 N–H and O–H groups in total. The second-order valence-electron chi connectivity index (χ2n) is 4.06. The zero-order valence-electron chi connectivity index (χ0n) is 10.5. The van der Waals surface area contributed by atoms with Gasteiger partial charge in [-0.2, -0.15) is 0 Å². The van der Waals surface area contributed by atoms with Gasteiger partial charge in [-0.1, -0.05) is 26.7 Å². The number of aromatic nitrogens is 1. The van der Waals surface area contributed by atoms with Crippen LogP contribution in [0.2, 0.25) is 0 Å². The van der Waals surface area contributed by atoms with Crippen LogP contribution in [0.4, 0.5) is 0 Å². The van der Waals surface area contributed by atoms with Crippen molar-refractivity contribution in [2.45, 2.75) is 33.1 Å². The summed E-state index contributed by atoms with van der Waals surface area (Å²) < 4.78 is 0. The summed E-state index contributed by atoms with van der Waals surface area (Å²) in [7, 11) is 0. The second kappa shape index (κ2) is 7.40. The predicted octanol–water partition coefficient (Wildman–Crippen LogP) is 1.81. The summed E-state index contributed by atoms with van der Waals surface area (Å²) in [6.45, 7) is 5.59. The molecule has 0 aliphatic rings. The summed E-state index contributed by atoms with van der Waals surface area (Å²) in [6.07, 6.45) is 2.92. The van der Waals surface area contributed by atoms with Crippen molar-refractivity contribution in [2.24, 2.45) is 11.7 Å². The van der Waals surface area contributed by atoms with E-state index in [0.717, 1.165) is 30.8 Å². The summed E-state index contributed by atoms with van der Waals surface area (Å²) in [5.41, 5.74) is 5.96. The third kappa shape index (κ3) is 4.44. The quantitative estimate of drug-likeness (QED) is 0.781. The summed E-state index contributed by atoms with van der Waals surface area (Å²) in [5, 5.41) is 5.66. The lowest BCUT2D eigenvalue weighted by molar-refractivity contribution is 0.0942. The molecule has 4 nitrogen and oxygen atoms in total. The molecular formula is C12H21N3OS. The molecule has 0 saturated carbocycles. The fraction of sp³-hybridized carbons (Fsp3) is 0.667. The molecule has 5 heteroatoms. The van der Waals surface area contributed by atoms with Gasteiger partial charge in [0.05, 0.1) is 5.01 Å². The molecule has 1 rings (SSSR count). The minimum atomic E-state index is -0.0728. The lowest BCUT2D eigenvalue weighted by atomic mass is 10.0. The van der Waals surface area contributed by atoms with Crippen molar-refractivity contribution in [1.29, 1.82) is 0 Å². The average molecular weight is 255 g/mol. The highest BCUT2D eigenvalue weighted by Gasteiger charge is 2.11. The molecule has 96 valence electrons. The molecule has 0 fully saturated rings. The van der Waals surface area contributed by atoms with E-state index in [9.17, 15) is 4.79 Å². The third-order valence-corrected chi connectivity index (χ3v) is 3.76. The van der Waals surface area contributed by atoms with E-state index in [2.05, 4.69) is 24.1 Å². The van der Waals surface area contributed by atoms with Crippen LogP contribution < -0.4 is 11.1 Å². The largest absolute Gasteiger partial charge is 0.350 e. The van der Waals surface area contributed by atoms with E-state index >= 15 is 0 Å². The minimum absolute atomic E-state index is 0.0728. The molecule has 17 heavy (non-hydrogen) atoms. The second-order valence-corrected chi connectivity index (χ2v) is 5.00. The average Bonchev–Trinajstić information content (AvgIpc) is 2.79. The van der Waals surface area contributed by atoms with E-state index in [-0.39, 0.29) is 5.91 Å². The van der Waals surface area contributed by atoms with Gasteiger partial charge >= 0.3 is 0 Å².